The fraction of sp³-hybridized carbons (Fsp3) is 1.00. The molecule has 0 atom stereocenters. The van der Waals surface area contributed by atoms with Crippen molar-refractivity contribution in [2.45, 2.75) is 78.2 Å². The molecule has 0 unspecified atom stereocenters. The predicted octanol–water partition coefficient (Wildman–Crippen LogP) is 7.67. The normalized spacial score (nSPS) is 16.7. The van der Waals surface area contributed by atoms with Crippen LogP contribution in [0.15, 0.2) is 0 Å². The summed E-state index contributed by atoms with van der Waals surface area (Å²) in [5.41, 5.74) is 0. The van der Waals surface area contributed by atoms with Crippen LogP contribution >= 0.6 is 0 Å². The summed E-state index contributed by atoms with van der Waals surface area (Å²) in [6.07, 6.45) is -12.7. The standard InChI is InChI=1S/C14H7F23O/c15-4(16,2-1-3-38)5(17,18)6(19,20)7(21,22)8(23,24)9(25,26)10(27,28)11(29,30)12(31,32)13(33,34)14(35,36)37/h38H,1-3H2. The lowest BCUT2D eigenvalue weighted by atomic mass is 9.85. The zero-order chi connectivity index (χ0) is 31.6. The summed E-state index contributed by atoms with van der Waals surface area (Å²) in [5, 5.41) is 8.16. The maximum absolute atomic E-state index is 13.5. The van der Waals surface area contributed by atoms with Gasteiger partial charge in [0.25, 0.3) is 0 Å². The van der Waals surface area contributed by atoms with Crippen LogP contribution in [0.3, 0.4) is 0 Å². The number of rotatable bonds is 12. The van der Waals surface area contributed by atoms with Gasteiger partial charge in [-0.05, 0) is 6.42 Å². The molecule has 0 aromatic carbocycles. The Morgan fingerprint density at radius 3 is 0.737 bits per heavy atom. The summed E-state index contributed by atoms with van der Waals surface area (Å²) in [5.74, 6) is -87.4. The zero-order valence-corrected chi connectivity index (χ0v) is 16.8. The highest BCUT2D eigenvalue weighted by molar-refractivity contribution is 5.18. The molecule has 24 heteroatoms. The number of halogens is 23. The van der Waals surface area contributed by atoms with Gasteiger partial charge in [-0.25, -0.2) is 0 Å². The highest BCUT2D eigenvalue weighted by atomic mass is 19.4. The first-order valence-corrected chi connectivity index (χ1v) is 8.52. The summed E-state index contributed by atoms with van der Waals surface area (Å²) in [6.45, 7) is -1.64. The first kappa shape index (κ1) is 36.4. The van der Waals surface area contributed by atoms with E-state index in [2.05, 4.69) is 0 Å². The molecule has 1 N–H and O–H groups in total. The molecule has 0 aromatic rings. The highest BCUT2D eigenvalue weighted by Gasteiger charge is 2.98. The van der Waals surface area contributed by atoms with Crippen LogP contribution in [0.2, 0.25) is 0 Å². The average molecular weight is 628 g/mol. The van der Waals surface area contributed by atoms with E-state index in [0.29, 0.717) is 0 Å². The van der Waals surface area contributed by atoms with Gasteiger partial charge in [-0.2, -0.15) is 101 Å². The monoisotopic (exact) mass is 628 g/mol. The molecule has 0 radical (unpaired) electrons. The third-order valence-electron chi connectivity index (χ3n) is 4.62. The Balaban J connectivity index is 7.12. The summed E-state index contributed by atoms with van der Waals surface area (Å²) in [7, 11) is 0. The van der Waals surface area contributed by atoms with Crippen LogP contribution in [0.1, 0.15) is 12.8 Å². The van der Waals surface area contributed by atoms with Crippen LogP contribution < -0.4 is 0 Å². The number of hydrogen-bond acceptors (Lipinski definition) is 1. The Morgan fingerprint density at radius 1 is 0.316 bits per heavy atom. The van der Waals surface area contributed by atoms with Crippen molar-refractivity contribution in [3.63, 3.8) is 0 Å². The lowest BCUT2D eigenvalue weighted by Crippen LogP contribution is -2.77. The zero-order valence-electron chi connectivity index (χ0n) is 16.8. The van der Waals surface area contributed by atoms with E-state index in [-0.39, 0.29) is 0 Å². The maximum atomic E-state index is 13.5. The van der Waals surface area contributed by atoms with Crippen molar-refractivity contribution in [1.82, 2.24) is 0 Å². The van der Waals surface area contributed by atoms with Gasteiger partial charge in [0.2, 0.25) is 0 Å². The van der Waals surface area contributed by atoms with Gasteiger partial charge >= 0.3 is 65.4 Å². The van der Waals surface area contributed by atoms with Gasteiger partial charge in [0.05, 0.1) is 0 Å². The second-order valence-electron chi connectivity index (χ2n) is 7.20. The fourth-order valence-corrected chi connectivity index (χ4v) is 2.25. The van der Waals surface area contributed by atoms with E-state index >= 15 is 0 Å². The summed E-state index contributed by atoms with van der Waals surface area (Å²) in [4.78, 5) is 0. The SMILES string of the molecule is OCCCC(F)(F)C(F)(F)C(F)(F)C(F)(F)C(F)(F)C(F)(F)C(F)(F)C(F)(F)C(F)(F)C(F)(F)C(F)(F)F. The Kier molecular flexibility index (Phi) is 8.80. The Hall–Kier alpha value is -1.65. The molecule has 0 saturated carbocycles. The lowest BCUT2D eigenvalue weighted by Gasteiger charge is -2.45. The summed E-state index contributed by atoms with van der Waals surface area (Å²) >= 11 is 0. The largest absolute Gasteiger partial charge is 0.460 e. The molecule has 0 amide bonds. The minimum atomic E-state index is -9.39. The first-order valence-electron chi connectivity index (χ1n) is 8.52. The lowest BCUT2D eigenvalue weighted by molar-refractivity contribution is -0.478. The molecular weight excluding hydrogens is 621 g/mol. The van der Waals surface area contributed by atoms with Crippen LogP contribution in [0.5, 0.6) is 0 Å². The van der Waals surface area contributed by atoms with Gasteiger partial charge in [-0.15, -0.1) is 0 Å². The van der Waals surface area contributed by atoms with Crippen LogP contribution in [0, 0.1) is 0 Å². The molecule has 0 spiro atoms. The molecular formula is C14H7F23O. The quantitative estimate of drug-likeness (QED) is 0.220. The second-order valence-corrected chi connectivity index (χ2v) is 7.20. The van der Waals surface area contributed by atoms with Gasteiger partial charge in [0.1, 0.15) is 0 Å². The van der Waals surface area contributed by atoms with Crippen molar-refractivity contribution in [2.75, 3.05) is 6.61 Å². The number of alkyl halides is 23. The molecule has 0 saturated heterocycles. The molecule has 0 bridgehead atoms. The number of hydrogen-bond donors (Lipinski definition) is 1. The topological polar surface area (TPSA) is 20.2 Å². The summed E-state index contributed by atoms with van der Waals surface area (Å²) < 4.78 is 302. The van der Waals surface area contributed by atoms with E-state index in [9.17, 15) is 101 Å². The van der Waals surface area contributed by atoms with Gasteiger partial charge in [0, 0.05) is 13.0 Å². The molecule has 0 fully saturated rings. The van der Waals surface area contributed by atoms with Crippen molar-refractivity contribution >= 4 is 0 Å². The van der Waals surface area contributed by atoms with Crippen LogP contribution in [0.25, 0.3) is 0 Å². The molecule has 0 aromatic heterocycles. The van der Waals surface area contributed by atoms with Crippen LogP contribution in [-0.2, 0) is 0 Å². The van der Waals surface area contributed by atoms with Gasteiger partial charge in [-0.1, -0.05) is 0 Å². The van der Waals surface area contributed by atoms with Crippen molar-refractivity contribution in [1.29, 1.82) is 0 Å². The Morgan fingerprint density at radius 2 is 0.526 bits per heavy atom. The molecule has 0 heterocycles. The molecule has 1 nitrogen and oxygen atoms in total. The highest BCUT2D eigenvalue weighted by Crippen LogP contribution is 2.67. The van der Waals surface area contributed by atoms with Gasteiger partial charge in [-0.3, -0.25) is 0 Å². The molecule has 230 valence electrons. The smallest absolute Gasteiger partial charge is 0.396 e. The van der Waals surface area contributed by atoms with Gasteiger partial charge < -0.3 is 5.11 Å². The molecule has 0 rings (SSSR count). The first-order chi connectivity index (χ1) is 16.1. The van der Waals surface area contributed by atoms with Crippen LogP contribution in [0.4, 0.5) is 101 Å². The van der Waals surface area contributed by atoms with E-state index in [1.54, 1.807) is 0 Å². The molecule has 0 aliphatic carbocycles. The van der Waals surface area contributed by atoms with E-state index in [0.717, 1.165) is 0 Å². The second kappa shape index (κ2) is 9.20. The predicted molar refractivity (Wildman–Crippen MR) is 71.8 cm³/mol. The van der Waals surface area contributed by atoms with E-state index in [4.69, 9.17) is 5.11 Å². The third kappa shape index (κ3) is 4.38. The minimum Gasteiger partial charge on any atom is -0.396 e. The van der Waals surface area contributed by atoms with Crippen molar-refractivity contribution in [3.05, 3.63) is 0 Å². The maximum Gasteiger partial charge on any atom is 0.460 e. The fourth-order valence-electron chi connectivity index (χ4n) is 2.25. The minimum absolute atomic E-state index is 1.64. The van der Waals surface area contributed by atoms with Crippen molar-refractivity contribution in [2.24, 2.45) is 0 Å². The van der Waals surface area contributed by atoms with Crippen molar-refractivity contribution in [3.8, 4) is 0 Å². The van der Waals surface area contributed by atoms with Gasteiger partial charge in [0.15, 0.2) is 0 Å². The Labute approximate surface area is 192 Å². The van der Waals surface area contributed by atoms with E-state index in [1.165, 1.54) is 0 Å². The average Bonchev–Trinajstić information content (AvgIpc) is 2.69. The third-order valence-corrected chi connectivity index (χ3v) is 4.62. The van der Waals surface area contributed by atoms with Crippen LogP contribution in [-0.4, -0.2) is 77.1 Å². The number of aliphatic hydroxyl groups is 1. The summed E-state index contributed by atoms with van der Waals surface area (Å²) in [6, 6.07) is 0. The van der Waals surface area contributed by atoms with E-state index < -0.39 is 84.9 Å². The van der Waals surface area contributed by atoms with Crippen molar-refractivity contribution < 1.29 is 106 Å². The van der Waals surface area contributed by atoms with E-state index in [1.807, 2.05) is 0 Å². The molecule has 0 aliphatic heterocycles. The molecule has 0 aliphatic rings. The number of aliphatic hydroxyl groups excluding tert-OH is 1. The molecule has 38 heavy (non-hydrogen) atoms. The Bertz CT molecular complexity index is 836.